The van der Waals surface area contributed by atoms with E-state index in [0.717, 1.165) is 12.8 Å². The fourth-order valence-electron chi connectivity index (χ4n) is 3.45. The lowest BCUT2D eigenvalue weighted by Crippen LogP contribution is -2.39. The van der Waals surface area contributed by atoms with E-state index in [2.05, 4.69) is 33.0 Å². The van der Waals surface area contributed by atoms with Crippen LogP contribution in [0.15, 0.2) is 18.2 Å². The van der Waals surface area contributed by atoms with Crippen molar-refractivity contribution < 1.29 is 9.59 Å². The third-order valence-corrected chi connectivity index (χ3v) is 4.44. The average molecular weight is 316 g/mol. The van der Waals surface area contributed by atoms with E-state index in [1.165, 1.54) is 11.1 Å². The predicted octanol–water partition coefficient (Wildman–Crippen LogP) is 3.32. The third-order valence-electron chi connectivity index (χ3n) is 4.44. The predicted molar refractivity (Wildman–Crippen MR) is 92.3 cm³/mol. The first-order valence-corrected chi connectivity index (χ1v) is 8.51. The Bertz CT molecular complexity index is 593. The van der Waals surface area contributed by atoms with Crippen LogP contribution < -0.4 is 5.32 Å². The van der Waals surface area contributed by atoms with E-state index in [1.54, 1.807) is 7.05 Å². The molecule has 23 heavy (non-hydrogen) atoms. The van der Waals surface area contributed by atoms with Crippen molar-refractivity contribution in [3.05, 3.63) is 34.9 Å². The Morgan fingerprint density at radius 1 is 1.26 bits per heavy atom. The van der Waals surface area contributed by atoms with Gasteiger partial charge in [-0.25, -0.2) is 0 Å². The first-order chi connectivity index (χ1) is 10.8. The largest absolute Gasteiger partial charge is 0.355 e. The van der Waals surface area contributed by atoms with Gasteiger partial charge in [-0.2, -0.15) is 0 Å². The number of nitrogens with zero attached hydrogens (tertiary/aromatic N) is 1. The molecule has 0 aliphatic heterocycles. The fourth-order valence-corrected chi connectivity index (χ4v) is 3.45. The number of rotatable bonds is 5. The van der Waals surface area contributed by atoms with Crippen molar-refractivity contribution in [2.45, 2.75) is 59.0 Å². The molecule has 2 amide bonds. The Morgan fingerprint density at radius 2 is 1.96 bits per heavy atom. The van der Waals surface area contributed by atoms with Crippen LogP contribution >= 0.6 is 0 Å². The molecule has 0 radical (unpaired) electrons. The number of nitrogens with one attached hydrogen (secondary N) is 1. The van der Waals surface area contributed by atoms with Gasteiger partial charge in [0.05, 0.1) is 6.04 Å². The number of carbonyl (C=O) groups is 2. The van der Waals surface area contributed by atoms with E-state index in [-0.39, 0.29) is 23.9 Å². The molecular weight excluding hydrogens is 288 g/mol. The van der Waals surface area contributed by atoms with Gasteiger partial charge in [0.1, 0.15) is 0 Å². The summed E-state index contributed by atoms with van der Waals surface area (Å²) in [6.45, 7) is 8.31. The van der Waals surface area contributed by atoms with Crippen molar-refractivity contribution in [3.63, 3.8) is 0 Å². The van der Waals surface area contributed by atoms with Crippen LogP contribution in [-0.4, -0.2) is 29.8 Å². The summed E-state index contributed by atoms with van der Waals surface area (Å²) in [5.74, 6) is 0.524. The molecule has 1 atom stereocenters. The molecule has 126 valence electrons. The van der Waals surface area contributed by atoms with Crippen LogP contribution in [0.25, 0.3) is 0 Å². The van der Waals surface area contributed by atoms with E-state index in [1.807, 2.05) is 23.1 Å². The van der Waals surface area contributed by atoms with Crippen LogP contribution in [0.4, 0.5) is 0 Å². The highest BCUT2D eigenvalue weighted by Gasteiger charge is 2.33. The van der Waals surface area contributed by atoms with E-state index >= 15 is 0 Å². The summed E-state index contributed by atoms with van der Waals surface area (Å²) in [5.41, 5.74) is 3.08. The molecule has 4 heteroatoms. The number of benzene rings is 1. The molecule has 2 rings (SSSR count). The minimum atomic E-state index is -0.0622. The van der Waals surface area contributed by atoms with Crippen molar-refractivity contribution in [1.29, 1.82) is 0 Å². The van der Waals surface area contributed by atoms with Gasteiger partial charge in [-0.15, -0.1) is 0 Å². The van der Waals surface area contributed by atoms with Gasteiger partial charge in [-0.1, -0.05) is 19.9 Å². The van der Waals surface area contributed by atoms with Crippen molar-refractivity contribution in [2.24, 2.45) is 5.92 Å². The highest BCUT2D eigenvalue weighted by atomic mass is 16.2. The van der Waals surface area contributed by atoms with Gasteiger partial charge in [-0.3, -0.25) is 9.59 Å². The Kier molecular flexibility index (Phi) is 5.45. The molecule has 0 spiro atoms. The fraction of sp³-hybridized carbons (Fsp3) is 0.579. The maximum Gasteiger partial charge on any atom is 0.251 e. The molecule has 0 bridgehead atoms. The molecule has 0 fully saturated rings. The minimum Gasteiger partial charge on any atom is -0.355 e. The van der Waals surface area contributed by atoms with Crippen LogP contribution in [0.5, 0.6) is 0 Å². The van der Waals surface area contributed by atoms with Crippen LogP contribution in [0.3, 0.4) is 0 Å². The van der Waals surface area contributed by atoms with Gasteiger partial charge in [0, 0.05) is 25.1 Å². The molecule has 4 nitrogen and oxygen atoms in total. The highest BCUT2D eigenvalue weighted by molar-refractivity contribution is 5.94. The number of aryl methyl sites for hydroxylation is 1. The van der Waals surface area contributed by atoms with Gasteiger partial charge in [-0.05, 0) is 55.9 Å². The van der Waals surface area contributed by atoms with Gasteiger partial charge >= 0.3 is 0 Å². The standard InChI is InChI=1S/C19H28N2O2/c1-12(2)10-18(22)21(13(3)4)17-9-7-14-11-15(19(23)20-5)6-8-16(14)17/h6,8,11-13,17H,7,9-10H2,1-5H3,(H,20,23). The third kappa shape index (κ3) is 3.74. The topological polar surface area (TPSA) is 49.4 Å². The zero-order valence-corrected chi connectivity index (χ0v) is 14.8. The van der Waals surface area contributed by atoms with E-state index < -0.39 is 0 Å². The first-order valence-electron chi connectivity index (χ1n) is 8.51. The molecule has 1 unspecified atom stereocenters. The Labute approximate surface area is 139 Å². The first kappa shape index (κ1) is 17.5. The Morgan fingerprint density at radius 3 is 2.52 bits per heavy atom. The SMILES string of the molecule is CNC(=O)c1ccc2c(c1)CCC2N(C(=O)CC(C)C)C(C)C. The number of hydrogen-bond acceptors (Lipinski definition) is 2. The van der Waals surface area contributed by atoms with E-state index in [0.29, 0.717) is 17.9 Å². The second kappa shape index (κ2) is 7.16. The van der Waals surface area contributed by atoms with Crippen LogP contribution in [0.1, 0.15) is 68.1 Å². The van der Waals surface area contributed by atoms with Crippen molar-refractivity contribution >= 4 is 11.8 Å². The smallest absolute Gasteiger partial charge is 0.251 e. The molecule has 0 heterocycles. The van der Waals surface area contributed by atoms with Crippen LogP contribution in [-0.2, 0) is 11.2 Å². The normalized spacial score (nSPS) is 16.6. The average Bonchev–Trinajstić information content (AvgIpc) is 2.88. The molecule has 0 aromatic heterocycles. The summed E-state index contributed by atoms with van der Waals surface area (Å²) >= 11 is 0. The molecule has 1 aliphatic rings. The van der Waals surface area contributed by atoms with Gasteiger partial charge in [0.25, 0.3) is 5.91 Å². The zero-order valence-electron chi connectivity index (χ0n) is 14.8. The van der Waals surface area contributed by atoms with Crippen molar-refractivity contribution in [3.8, 4) is 0 Å². The summed E-state index contributed by atoms with van der Waals surface area (Å²) in [4.78, 5) is 26.5. The lowest BCUT2D eigenvalue weighted by Gasteiger charge is -2.34. The summed E-state index contributed by atoms with van der Waals surface area (Å²) in [5, 5.41) is 2.66. The monoisotopic (exact) mass is 316 g/mol. The molecular formula is C19H28N2O2. The summed E-state index contributed by atoms with van der Waals surface area (Å²) in [6.07, 6.45) is 2.44. The molecule has 1 aliphatic carbocycles. The lowest BCUT2D eigenvalue weighted by molar-refractivity contribution is -0.136. The second-order valence-corrected chi connectivity index (χ2v) is 7.04. The van der Waals surface area contributed by atoms with Crippen LogP contribution in [0, 0.1) is 5.92 Å². The summed E-state index contributed by atoms with van der Waals surface area (Å²) in [7, 11) is 1.64. The number of hydrogen-bond donors (Lipinski definition) is 1. The molecule has 1 aromatic rings. The van der Waals surface area contributed by atoms with E-state index in [4.69, 9.17) is 0 Å². The van der Waals surface area contributed by atoms with E-state index in [9.17, 15) is 9.59 Å². The number of fused-ring (bicyclic) bond motifs is 1. The van der Waals surface area contributed by atoms with Crippen molar-refractivity contribution in [1.82, 2.24) is 10.2 Å². The minimum absolute atomic E-state index is 0.0622. The van der Waals surface area contributed by atoms with Gasteiger partial charge < -0.3 is 10.2 Å². The van der Waals surface area contributed by atoms with Crippen LogP contribution in [0.2, 0.25) is 0 Å². The summed E-state index contributed by atoms with van der Waals surface area (Å²) in [6, 6.07) is 6.17. The summed E-state index contributed by atoms with van der Waals surface area (Å²) < 4.78 is 0. The molecule has 0 saturated carbocycles. The Balaban J connectivity index is 2.29. The number of carbonyl (C=O) groups excluding carboxylic acids is 2. The lowest BCUT2D eigenvalue weighted by atomic mass is 10.0. The second-order valence-electron chi connectivity index (χ2n) is 7.04. The molecule has 1 aromatic carbocycles. The van der Waals surface area contributed by atoms with Gasteiger partial charge in [0.2, 0.25) is 5.91 Å². The Hall–Kier alpha value is -1.84. The number of amides is 2. The molecule has 1 N–H and O–H groups in total. The maximum absolute atomic E-state index is 12.7. The zero-order chi connectivity index (χ0) is 17.1. The maximum atomic E-state index is 12.7. The van der Waals surface area contributed by atoms with Crippen molar-refractivity contribution in [2.75, 3.05) is 7.05 Å². The quantitative estimate of drug-likeness (QED) is 0.906. The molecule has 0 saturated heterocycles. The highest BCUT2D eigenvalue weighted by Crippen LogP contribution is 2.38. The van der Waals surface area contributed by atoms with Gasteiger partial charge in [0.15, 0.2) is 0 Å².